The highest BCUT2D eigenvalue weighted by Crippen LogP contribution is 2.37. The number of aliphatic hydroxyl groups is 1. The number of alkyl halides is 3. The van der Waals surface area contributed by atoms with Gasteiger partial charge in [0.1, 0.15) is 0 Å². The van der Waals surface area contributed by atoms with E-state index >= 15 is 0 Å². The van der Waals surface area contributed by atoms with Crippen molar-refractivity contribution in [1.82, 2.24) is 4.57 Å². The molecule has 0 saturated heterocycles. The molecule has 0 saturated carbocycles. The molecule has 92 valence electrons. The Morgan fingerprint density at radius 2 is 2.00 bits per heavy atom. The lowest BCUT2D eigenvalue weighted by atomic mass is 10.1. The monoisotopic (exact) mass is 263 g/mol. The van der Waals surface area contributed by atoms with Gasteiger partial charge in [-0.1, -0.05) is 17.7 Å². The van der Waals surface area contributed by atoms with Gasteiger partial charge in [0.05, 0.1) is 0 Å². The summed E-state index contributed by atoms with van der Waals surface area (Å²) >= 11 is 5.77. The second-order valence-corrected chi connectivity index (χ2v) is 4.24. The van der Waals surface area contributed by atoms with Gasteiger partial charge in [0.15, 0.2) is 6.10 Å². The van der Waals surface area contributed by atoms with Crippen molar-refractivity contribution in [3.8, 4) is 0 Å². The Balaban J connectivity index is 2.64. The molecule has 0 fully saturated rings. The molecule has 0 amide bonds. The minimum absolute atomic E-state index is 0.160. The standard InChI is InChI=1S/C11H9ClF3NO/c1-16-5-8(10(17)11(13,14)15)7-3-2-6(12)4-9(7)16/h2-5,10,17H,1H3. The molecular formula is C11H9ClF3NO. The maximum atomic E-state index is 12.5. The maximum absolute atomic E-state index is 12.5. The summed E-state index contributed by atoms with van der Waals surface area (Å²) in [6, 6.07) is 4.53. The van der Waals surface area contributed by atoms with Crippen LogP contribution in [-0.2, 0) is 7.05 Å². The van der Waals surface area contributed by atoms with Crippen molar-refractivity contribution in [2.75, 3.05) is 0 Å². The number of aromatic nitrogens is 1. The summed E-state index contributed by atoms with van der Waals surface area (Å²) in [6.07, 6.45) is -5.89. The van der Waals surface area contributed by atoms with Crippen LogP contribution in [0.1, 0.15) is 11.7 Å². The molecule has 1 aromatic carbocycles. The Labute approximate surface area is 100 Å². The van der Waals surface area contributed by atoms with Crippen LogP contribution >= 0.6 is 11.6 Å². The zero-order valence-electron chi connectivity index (χ0n) is 8.79. The summed E-state index contributed by atoms with van der Waals surface area (Å²) in [7, 11) is 1.60. The molecule has 2 rings (SSSR count). The first-order chi connectivity index (χ1) is 7.80. The summed E-state index contributed by atoms with van der Waals surface area (Å²) in [6.45, 7) is 0. The molecule has 0 aliphatic heterocycles. The summed E-state index contributed by atoms with van der Waals surface area (Å²) in [5.74, 6) is 0. The summed E-state index contributed by atoms with van der Waals surface area (Å²) in [4.78, 5) is 0. The largest absolute Gasteiger partial charge is 0.418 e. The number of halogens is 4. The average Bonchev–Trinajstić information content (AvgIpc) is 2.53. The van der Waals surface area contributed by atoms with E-state index in [9.17, 15) is 18.3 Å². The Bertz CT molecular complexity index is 562. The number of benzene rings is 1. The molecule has 0 aliphatic rings. The second-order valence-electron chi connectivity index (χ2n) is 3.80. The molecule has 1 atom stereocenters. The second kappa shape index (κ2) is 3.92. The average molecular weight is 264 g/mol. The van der Waals surface area contributed by atoms with Crippen LogP contribution in [0.15, 0.2) is 24.4 Å². The third kappa shape index (κ3) is 2.12. The van der Waals surface area contributed by atoms with Crippen LogP contribution in [0, 0.1) is 0 Å². The number of aryl methyl sites for hydroxylation is 1. The van der Waals surface area contributed by atoms with Crippen molar-refractivity contribution in [3.05, 3.63) is 35.0 Å². The highest BCUT2D eigenvalue weighted by Gasteiger charge is 2.40. The van der Waals surface area contributed by atoms with Crippen LogP contribution in [0.5, 0.6) is 0 Å². The first kappa shape index (κ1) is 12.3. The fraction of sp³-hybridized carbons (Fsp3) is 0.273. The van der Waals surface area contributed by atoms with E-state index in [1.807, 2.05) is 0 Å². The van der Waals surface area contributed by atoms with E-state index in [1.165, 1.54) is 22.9 Å². The van der Waals surface area contributed by atoms with Gasteiger partial charge in [0.2, 0.25) is 0 Å². The predicted octanol–water partition coefficient (Wildman–Crippen LogP) is 3.43. The molecule has 1 N–H and O–H groups in total. The smallest absolute Gasteiger partial charge is 0.379 e. The molecule has 0 aliphatic carbocycles. The molecule has 0 bridgehead atoms. The molecule has 1 unspecified atom stereocenters. The molecule has 0 spiro atoms. The topological polar surface area (TPSA) is 25.2 Å². The lowest BCUT2D eigenvalue weighted by Gasteiger charge is -2.13. The third-order valence-corrected chi connectivity index (χ3v) is 2.82. The van der Waals surface area contributed by atoms with E-state index in [0.29, 0.717) is 15.9 Å². The minimum atomic E-state index is -4.67. The molecule has 1 aromatic heterocycles. The van der Waals surface area contributed by atoms with Crippen molar-refractivity contribution in [3.63, 3.8) is 0 Å². The number of hydrogen-bond acceptors (Lipinski definition) is 1. The van der Waals surface area contributed by atoms with Crippen LogP contribution in [0.4, 0.5) is 13.2 Å². The van der Waals surface area contributed by atoms with Crippen molar-refractivity contribution in [1.29, 1.82) is 0 Å². The van der Waals surface area contributed by atoms with Crippen LogP contribution in [-0.4, -0.2) is 15.8 Å². The zero-order chi connectivity index (χ0) is 12.8. The Hall–Kier alpha value is -1.20. The zero-order valence-corrected chi connectivity index (χ0v) is 9.55. The van der Waals surface area contributed by atoms with E-state index in [-0.39, 0.29) is 5.56 Å². The Morgan fingerprint density at radius 3 is 2.59 bits per heavy atom. The highest BCUT2D eigenvalue weighted by atomic mass is 35.5. The van der Waals surface area contributed by atoms with Gasteiger partial charge in [-0.2, -0.15) is 13.2 Å². The molecule has 0 radical (unpaired) electrons. The fourth-order valence-electron chi connectivity index (χ4n) is 1.78. The summed E-state index contributed by atoms with van der Waals surface area (Å²) in [5, 5.41) is 10.1. The van der Waals surface area contributed by atoms with Gasteiger partial charge < -0.3 is 9.67 Å². The lowest BCUT2D eigenvalue weighted by Crippen LogP contribution is -2.19. The first-order valence-corrected chi connectivity index (χ1v) is 5.18. The van der Waals surface area contributed by atoms with Crippen molar-refractivity contribution in [2.24, 2.45) is 7.05 Å². The van der Waals surface area contributed by atoms with Gasteiger partial charge in [-0.15, -0.1) is 0 Å². The van der Waals surface area contributed by atoms with Crippen LogP contribution in [0.3, 0.4) is 0 Å². The number of nitrogens with zero attached hydrogens (tertiary/aromatic N) is 1. The van der Waals surface area contributed by atoms with E-state index in [0.717, 1.165) is 0 Å². The van der Waals surface area contributed by atoms with E-state index in [1.54, 1.807) is 13.1 Å². The summed E-state index contributed by atoms with van der Waals surface area (Å²) < 4.78 is 38.9. The van der Waals surface area contributed by atoms with E-state index in [4.69, 9.17) is 11.6 Å². The predicted molar refractivity (Wildman–Crippen MR) is 58.9 cm³/mol. The Kier molecular flexibility index (Phi) is 2.83. The highest BCUT2D eigenvalue weighted by molar-refractivity contribution is 6.31. The van der Waals surface area contributed by atoms with Crippen LogP contribution in [0.2, 0.25) is 5.02 Å². The number of aliphatic hydroxyl groups excluding tert-OH is 1. The van der Waals surface area contributed by atoms with Crippen molar-refractivity contribution < 1.29 is 18.3 Å². The first-order valence-electron chi connectivity index (χ1n) is 4.80. The van der Waals surface area contributed by atoms with E-state index in [2.05, 4.69) is 0 Å². The van der Waals surface area contributed by atoms with Gasteiger partial charge in [-0.3, -0.25) is 0 Å². The fourth-order valence-corrected chi connectivity index (χ4v) is 1.95. The minimum Gasteiger partial charge on any atom is -0.379 e. The SMILES string of the molecule is Cn1cc(C(O)C(F)(F)F)c2ccc(Cl)cc21. The molecule has 2 aromatic rings. The normalized spacial score (nSPS) is 14.2. The van der Waals surface area contributed by atoms with Crippen LogP contribution in [0.25, 0.3) is 10.9 Å². The molecule has 2 nitrogen and oxygen atoms in total. The lowest BCUT2D eigenvalue weighted by molar-refractivity contribution is -0.206. The van der Waals surface area contributed by atoms with Gasteiger partial charge in [-0.25, -0.2) is 0 Å². The molecule has 6 heteroatoms. The number of fused-ring (bicyclic) bond motifs is 1. The van der Waals surface area contributed by atoms with Crippen LogP contribution < -0.4 is 0 Å². The van der Waals surface area contributed by atoms with Crippen molar-refractivity contribution in [2.45, 2.75) is 12.3 Å². The number of hydrogen-bond donors (Lipinski definition) is 1. The molecule has 17 heavy (non-hydrogen) atoms. The van der Waals surface area contributed by atoms with Gasteiger partial charge >= 0.3 is 6.18 Å². The summed E-state index contributed by atoms with van der Waals surface area (Å²) in [5.41, 5.74) is 0.391. The van der Waals surface area contributed by atoms with Gasteiger partial charge in [0, 0.05) is 34.7 Å². The van der Waals surface area contributed by atoms with Crippen molar-refractivity contribution >= 4 is 22.5 Å². The van der Waals surface area contributed by atoms with Gasteiger partial charge in [-0.05, 0) is 12.1 Å². The quantitative estimate of drug-likeness (QED) is 0.838. The third-order valence-electron chi connectivity index (χ3n) is 2.59. The van der Waals surface area contributed by atoms with Gasteiger partial charge in [0.25, 0.3) is 0 Å². The Morgan fingerprint density at radius 1 is 1.35 bits per heavy atom. The molecule has 1 heterocycles. The van der Waals surface area contributed by atoms with E-state index < -0.39 is 12.3 Å². The molecular weight excluding hydrogens is 255 g/mol. The number of rotatable bonds is 1. The maximum Gasteiger partial charge on any atom is 0.418 e.